The Morgan fingerprint density at radius 3 is 2.38 bits per heavy atom. The molecule has 7 atom stereocenters. The first kappa shape index (κ1) is 17.9. The minimum atomic E-state index is 0.253. The van der Waals surface area contributed by atoms with Gasteiger partial charge in [-0.15, -0.1) is 0 Å². The minimum Gasteiger partial charge on any atom is -0.353 e. The molecule has 0 aromatic heterocycles. The maximum Gasteiger partial charge on any atom is 0.220 e. The first-order valence-electron chi connectivity index (χ1n) is 10.2. The first-order valence-corrected chi connectivity index (χ1v) is 10.2. The van der Waals surface area contributed by atoms with Gasteiger partial charge in [-0.2, -0.15) is 0 Å². The zero-order valence-corrected chi connectivity index (χ0v) is 15.9. The van der Waals surface area contributed by atoms with E-state index in [0.717, 1.165) is 37.0 Å². The van der Waals surface area contributed by atoms with Gasteiger partial charge in [0.15, 0.2) is 0 Å². The van der Waals surface area contributed by atoms with Crippen LogP contribution < -0.4 is 5.32 Å². The van der Waals surface area contributed by atoms with Gasteiger partial charge in [-0.1, -0.05) is 27.7 Å². The molecule has 0 radical (unpaired) electrons. The van der Waals surface area contributed by atoms with Crippen molar-refractivity contribution in [2.45, 2.75) is 85.1 Å². The summed E-state index contributed by atoms with van der Waals surface area (Å²) in [6, 6.07) is 0.391. The van der Waals surface area contributed by atoms with Crippen LogP contribution in [0.5, 0.6) is 0 Å². The van der Waals surface area contributed by atoms with Crippen molar-refractivity contribution >= 4 is 12.2 Å². The second-order valence-electron chi connectivity index (χ2n) is 8.94. The molecule has 1 saturated heterocycles. The molecular formula is C21H35NO2. The molecule has 0 aromatic rings. The Labute approximate surface area is 147 Å². The summed E-state index contributed by atoms with van der Waals surface area (Å²) in [5.74, 6) is 2.80. The highest BCUT2D eigenvalue weighted by Gasteiger charge is 2.60. The number of fused-ring (bicyclic) bond motifs is 5. The van der Waals surface area contributed by atoms with Crippen molar-refractivity contribution in [3.05, 3.63) is 0 Å². The van der Waals surface area contributed by atoms with Gasteiger partial charge < -0.3 is 10.1 Å². The molecule has 1 heterocycles. The summed E-state index contributed by atoms with van der Waals surface area (Å²) in [4.78, 5) is 23.3. The Kier molecular flexibility index (Phi) is 4.83. The highest BCUT2D eigenvalue weighted by molar-refractivity contribution is 5.77. The SMILES string of the molecule is CC.CC12CCC3C(CCC4NC(=O)CCC43C)C1CCC2C=O. The van der Waals surface area contributed by atoms with Crippen molar-refractivity contribution in [3.8, 4) is 0 Å². The molecule has 7 unspecified atom stereocenters. The van der Waals surface area contributed by atoms with Crippen LogP contribution in [0.1, 0.15) is 79.1 Å². The lowest BCUT2D eigenvalue weighted by atomic mass is 9.47. The van der Waals surface area contributed by atoms with Crippen LogP contribution in [0.2, 0.25) is 0 Å². The van der Waals surface area contributed by atoms with E-state index in [2.05, 4.69) is 19.2 Å². The van der Waals surface area contributed by atoms with Crippen LogP contribution in [-0.2, 0) is 9.59 Å². The molecule has 1 amide bonds. The molecular weight excluding hydrogens is 298 g/mol. The van der Waals surface area contributed by atoms with E-state index in [1.807, 2.05) is 13.8 Å². The van der Waals surface area contributed by atoms with Crippen molar-refractivity contribution in [3.63, 3.8) is 0 Å². The van der Waals surface area contributed by atoms with Crippen molar-refractivity contribution in [1.82, 2.24) is 5.32 Å². The molecule has 0 bridgehead atoms. The third-order valence-corrected chi connectivity index (χ3v) is 8.33. The van der Waals surface area contributed by atoms with Gasteiger partial charge in [-0.05, 0) is 73.5 Å². The van der Waals surface area contributed by atoms with Gasteiger partial charge in [0.2, 0.25) is 5.91 Å². The topological polar surface area (TPSA) is 46.2 Å². The smallest absolute Gasteiger partial charge is 0.220 e. The number of rotatable bonds is 1. The highest BCUT2D eigenvalue weighted by atomic mass is 16.1. The van der Waals surface area contributed by atoms with Crippen molar-refractivity contribution in [2.75, 3.05) is 0 Å². The largest absolute Gasteiger partial charge is 0.353 e. The summed E-state index contributed by atoms with van der Waals surface area (Å²) in [5, 5.41) is 3.29. The van der Waals surface area contributed by atoms with E-state index in [4.69, 9.17) is 0 Å². The fourth-order valence-corrected chi connectivity index (χ4v) is 6.97. The molecule has 3 heteroatoms. The Morgan fingerprint density at radius 2 is 1.67 bits per heavy atom. The van der Waals surface area contributed by atoms with Gasteiger partial charge in [0.25, 0.3) is 0 Å². The summed E-state index contributed by atoms with van der Waals surface area (Å²) in [6.07, 6.45) is 10.2. The Hall–Kier alpha value is -0.860. The van der Waals surface area contributed by atoms with Crippen LogP contribution in [-0.4, -0.2) is 18.2 Å². The molecule has 3 nitrogen and oxygen atoms in total. The molecule has 3 saturated carbocycles. The molecule has 0 aromatic carbocycles. The van der Waals surface area contributed by atoms with E-state index in [9.17, 15) is 9.59 Å². The van der Waals surface area contributed by atoms with E-state index < -0.39 is 0 Å². The summed E-state index contributed by atoms with van der Waals surface area (Å²) < 4.78 is 0. The fraction of sp³-hybridized carbons (Fsp3) is 0.905. The molecule has 4 fully saturated rings. The average Bonchev–Trinajstić information content (AvgIpc) is 2.93. The first-order chi connectivity index (χ1) is 11.5. The van der Waals surface area contributed by atoms with E-state index in [1.165, 1.54) is 32.0 Å². The quantitative estimate of drug-likeness (QED) is 0.725. The van der Waals surface area contributed by atoms with E-state index in [1.54, 1.807) is 0 Å². The zero-order chi connectivity index (χ0) is 17.5. The number of carbonyl (C=O) groups excluding carboxylic acids is 2. The lowest BCUT2D eigenvalue weighted by Crippen LogP contribution is -2.61. The zero-order valence-electron chi connectivity index (χ0n) is 15.9. The van der Waals surface area contributed by atoms with Crippen molar-refractivity contribution in [1.29, 1.82) is 0 Å². The number of carbonyl (C=O) groups is 2. The number of nitrogens with one attached hydrogen (secondary N) is 1. The second-order valence-corrected chi connectivity index (χ2v) is 8.94. The molecule has 136 valence electrons. The Morgan fingerprint density at radius 1 is 0.958 bits per heavy atom. The number of hydrogen-bond donors (Lipinski definition) is 1. The third-order valence-electron chi connectivity index (χ3n) is 8.33. The van der Waals surface area contributed by atoms with Gasteiger partial charge in [-0.3, -0.25) is 4.79 Å². The van der Waals surface area contributed by atoms with E-state index in [0.29, 0.717) is 12.5 Å². The highest BCUT2D eigenvalue weighted by Crippen LogP contribution is 2.65. The Balaban J connectivity index is 0.000000815. The molecule has 4 rings (SSSR count). The van der Waals surface area contributed by atoms with E-state index >= 15 is 0 Å². The minimum absolute atomic E-state index is 0.253. The fourth-order valence-electron chi connectivity index (χ4n) is 6.97. The second kappa shape index (κ2) is 6.46. The number of hydrogen-bond acceptors (Lipinski definition) is 2. The number of aldehydes is 1. The molecule has 1 N–H and O–H groups in total. The molecule has 0 spiro atoms. The molecule has 1 aliphatic heterocycles. The van der Waals surface area contributed by atoms with Gasteiger partial charge in [0.1, 0.15) is 6.29 Å². The summed E-state index contributed by atoms with van der Waals surface area (Å²) in [5.41, 5.74) is 0.543. The average molecular weight is 334 g/mol. The molecule has 4 aliphatic rings. The van der Waals surface area contributed by atoms with Crippen LogP contribution in [0.25, 0.3) is 0 Å². The van der Waals surface area contributed by atoms with Crippen molar-refractivity contribution < 1.29 is 9.59 Å². The lowest BCUT2D eigenvalue weighted by Gasteiger charge is -2.60. The van der Waals surface area contributed by atoms with E-state index in [-0.39, 0.29) is 22.7 Å². The summed E-state index contributed by atoms with van der Waals surface area (Å²) >= 11 is 0. The molecule has 3 aliphatic carbocycles. The van der Waals surface area contributed by atoms with Crippen LogP contribution in [0.4, 0.5) is 0 Å². The maximum atomic E-state index is 11.8. The molecule has 24 heavy (non-hydrogen) atoms. The number of amides is 1. The van der Waals surface area contributed by atoms with Crippen LogP contribution >= 0.6 is 0 Å². The Bertz CT molecular complexity index is 504. The number of piperidine rings is 1. The third kappa shape index (κ3) is 2.45. The van der Waals surface area contributed by atoms with Crippen LogP contribution in [0.3, 0.4) is 0 Å². The predicted molar refractivity (Wildman–Crippen MR) is 96.5 cm³/mol. The van der Waals surface area contributed by atoms with Gasteiger partial charge >= 0.3 is 0 Å². The van der Waals surface area contributed by atoms with Crippen LogP contribution in [0.15, 0.2) is 0 Å². The van der Waals surface area contributed by atoms with Crippen molar-refractivity contribution in [2.24, 2.45) is 34.5 Å². The summed E-state index contributed by atoms with van der Waals surface area (Å²) in [6.45, 7) is 8.82. The van der Waals surface area contributed by atoms with Gasteiger partial charge in [-0.25, -0.2) is 0 Å². The standard InChI is InChI=1S/C19H29NO2.C2H6/c1-18-9-7-15-13(14(18)5-3-12(18)11-21)4-6-16-19(15,2)10-8-17(22)20-16;1-2/h11-16H,3-10H2,1-2H3,(H,20,22);1-2H3. The van der Waals surface area contributed by atoms with Gasteiger partial charge in [0, 0.05) is 18.4 Å². The normalized spacial score (nSPS) is 49.7. The monoisotopic (exact) mass is 333 g/mol. The predicted octanol–water partition coefficient (Wildman–Crippen LogP) is 4.35. The van der Waals surface area contributed by atoms with Crippen LogP contribution in [0, 0.1) is 34.5 Å². The maximum absolute atomic E-state index is 11.8. The summed E-state index contributed by atoms with van der Waals surface area (Å²) in [7, 11) is 0. The lowest BCUT2D eigenvalue weighted by molar-refractivity contribution is -0.138. The van der Waals surface area contributed by atoms with Gasteiger partial charge in [0.05, 0.1) is 0 Å².